The molecule has 2 heterocycles. The van der Waals surface area contributed by atoms with Gasteiger partial charge in [0.2, 0.25) is 5.91 Å². The van der Waals surface area contributed by atoms with Gasteiger partial charge in [-0.2, -0.15) is 0 Å². The van der Waals surface area contributed by atoms with Crippen LogP contribution in [0.3, 0.4) is 0 Å². The molecule has 0 atom stereocenters. The summed E-state index contributed by atoms with van der Waals surface area (Å²) in [4.78, 5) is 16.1. The predicted molar refractivity (Wildman–Crippen MR) is 77.6 cm³/mol. The fourth-order valence-electron chi connectivity index (χ4n) is 2.07. The van der Waals surface area contributed by atoms with Crippen molar-refractivity contribution in [1.29, 1.82) is 0 Å². The van der Waals surface area contributed by atoms with Gasteiger partial charge in [0.05, 0.1) is 19.2 Å². The van der Waals surface area contributed by atoms with Crippen LogP contribution in [-0.2, 0) is 11.2 Å². The first-order valence-electron chi connectivity index (χ1n) is 6.16. The van der Waals surface area contributed by atoms with Gasteiger partial charge in [-0.05, 0) is 18.6 Å². The fourth-order valence-corrected chi connectivity index (χ4v) is 2.82. The van der Waals surface area contributed by atoms with Crippen molar-refractivity contribution in [3.63, 3.8) is 0 Å². The second-order valence-electron chi connectivity index (χ2n) is 4.52. The van der Waals surface area contributed by atoms with Crippen molar-refractivity contribution in [3.05, 3.63) is 35.6 Å². The summed E-state index contributed by atoms with van der Waals surface area (Å²) in [5, 5.41) is 4.56. The van der Waals surface area contributed by atoms with Crippen molar-refractivity contribution in [3.8, 4) is 0 Å². The summed E-state index contributed by atoms with van der Waals surface area (Å²) in [5.74, 6) is 0.903. The number of hydrogen-bond acceptors (Lipinski definition) is 4. The van der Waals surface area contributed by atoms with Gasteiger partial charge in [-0.25, -0.2) is 0 Å². The summed E-state index contributed by atoms with van der Waals surface area (Å²) < 4.78 is 5.49. The third-order valence-corrected chi connectivity index (χ3v) is 3.89. The molecule has 0 spiro atoms. The number of benzene rings is 1. The molecule has 0 bridgehead atoms. The Labute approximate surface area is 115 Å². The molecule has 98 valence electrons. The number of aliphatic imine (C=N–C) groups is 1. The van der Waals surface area contributed by atoms with Crippen molar-refractivity contribution in [2.45, 2.75) is 13.3 Å². The maximum absolute atomic E-state index is 11.9. The lowest BCUT2D eigenvalue weighted by Crippen LogP contribution is -2.28. The lowest BCUT2D eigenvalue weighted by atomic mass is 10.1. The third kappa shape index (κ3) is 2.66. The molecule has 1 amide bonds. The zero-order valence-corrected chi connectivity index (χ0v) is 11.4. The largest absolute Gasteiger partial charge is 0.464 e. The number of nitrogens with zero attached hydrogens (tertiary/aromatic N) is 1. The topological polar surface area (TPSA) is 54.6 Å². The molecule has 2 aromatic rings. The molecule has 0 saturated heterocycles. The summed E-state index contributed by atoms with van der Waals surface area (Å²) in [6.07, 6.45) is 1.98. The summed E-state index contributed by atoms with van der Waals surface area (Å²) in [6.45, 7) is 2.80. The van der Waals surface area contributed by atoms with Crippen LogP contribution in [0.2, 0.25) is 0 Å². The number of carbonyl (C=O) groups is 1. The number of fused-ring (bicyclic) bond motifs is 1. The van der Waals surface area contributed by atoms with E-state index in [9.17, 15) is 4.79 Å². The van der Waals surface area contributed by atoms with Gasteiger partial charge >= 0.3 is 0 Å². The van der Waals surface area contributed by atoms with Crippen LogP contribution in [0.25, 0.3) is 11.0 Å². The number of furan rings is 1. The molecule has 0 unspecified atom stereocenters. The van der Waals surface area contributed by atoms with Crippen LogP contribution in [0.5, 0.6) is 0 Å². The highest BCUT2D eigenvalue weighted by Crippen LogP contribution is 2.22. The average Bonchev–Trinajstić information content (AvgIpc) is 2.99. The van der Waals surface area contributed by atoms with Gasteiger partial charge in [0.25, 0.3) is 0 Å². The number of amides is 1. The molecule has 0 saturated carbocycles. The Kier molecular flexibility index (Phi) is 3.29. The number of carbonyl (C=O) groups excluding carboxylic acids is 1. The summed E-state index contributed by atoms with van der Waals surface area (Å²) in [5.41, 5.74) is 2.89. The molecule has 3 rings (SSSR count). The van der Waals surface area contributed by atoms with E-state index in [4.69, 9.17) is 4.42 Å². The van der Waals surface area contributed by atoms with Gasteiger partial charge in [0.1, 0.15) is 5.58 Å². The van der Waals surface area contributed by atoms with E-state index < -0.39 is 0 Å². The number of hydrogen-bond donors (Lipinski definition) is 1. The molecule has 0 fully saturated rings. The maximum Gasteiger partial charge on any atom is 0.230 e. The van der Waals surface area contributed by atoms with E-state index in [0.717, 1.165) is 39.6 Å². The van der Waals surface area contributed by atoms with Crippen LogP contribution in [0.15, 0.2) is 33.9 Å². The molecule has 0 radical (unpaired) electrons. The number of rotatable bonds is 2. The van der Waals surface area contributed by atoms with Gasteiger partial charge in [-0.3, -0.25) is 9.79 Å². The monoisotopic (exact) mass is 274 g/mol. The van der Waals surface area contributed by atoms with Crippen molar-refractivity contribution in [2.75, 3.05) is 12.3 Å². The van der Waals surface area contributed by atoms with Gasteiger partial charge in [0, 0.05) is 16.7 Å². The molecule has 19 heavy (non-hydrogen) atoms. The molecule has 1 aliphatic rings. The Bertz CT molecular complexity index is 661. The summed E-state index contributed by atoms with van der Waals surface area (Å²) in [7, 11) is 0. The highest BCUT2D eigenvalue weighted by Gasteiger charge is 2.14. The normalized spacial score (nSPS) is 14.7. The number of aryl methyl sites for hydroxylation is 1. The maximum atomic E-state index is 11.9. The Morgan fingerprint density at radius 1 is 1.53 bits per heavy atom. The van der Waals surface area contributed by atoms with E-state index in [2.05, 4.69) is 10.3 Å². The van der Waals surface area contributed by atoms with Crippen molar-refractivity contribution >= 4 is 33.8 Å². The lowest BCUT2D eigenvalue weighted by molar-refractivity contribution is -0.118. The Hall–Kier alpha value is -1.75. The van der Waals surface area contributed by atoms with Crippen LogP contribution in [0, 0.1) is 6.92 Å². The van der Waals surface area contributed by atoms with Crippen LogP contribution < -0.4 is 5.32 Å². The van der Waals surface area contributed by atoms with Crippen molar-refractivity contribution in [2.24, 2.45) is 4.99 Å². The first-order valence-corrected chi connectivity index (χ1v) is 7.15. The number of nitrogens with one attached hydrogen (secondary N) is 1. The molecular formula is C14H14N2O2S. The minimum Gasteiger partial charge on any atom is -0.464 e. The highest BCUT2D eigenvalue weighted by atomic mass is 32.2. The van der Waals surface area contributed by atoms with Crippen LogP contribution in [-0.4, -0.2) is 23.4 Å². The number of thioether (sulfide) groups is 1. The van der Waals surface area contributed by atoms with Gasteiger partial charge < -0.3 is 9.73 Å². The SMILES string of the molecule is Cc1ccc2c(CC(=O)NC3=NCCS3)coc2c1. The molecule has 1 aliphatic heterocycles. The molecule has 1 aromatic carbocycles. The molecule has 4 nitrogen and oxygen atoms in total. The minimum atomic E-state index is -0.0450. The molecule has 0 aliphatic carbocycles. The first kappa shape index (κ1) is 12.3. The Morgan fingerprint density at radius 3 is 3.21 bits per heavy atom. The van der Waals surface area contributed by atoms with E-state index in [0.29, 0.717) is 6.42 Å². The van der Waals surface area contributed by atoms with E-state index in [-0.39, 0.29) is 5.91 Å². The van der Waals surface area contributed by atoms with Crippen LogP contribution >= 0.6 is 11.8 Å². The average molecular weight is 274 g/mol. The third-order valence-electron chi connectivity index (χ3n) is 2.99. The highest BCUT2D eigenvalue weighted by molar-refractivity contribution is 8.14. The van der Waals surface area contributed by atoms with E-state index in [1.165, 1.54) is 0 Å². The van der Waals surface area contributed by atoms with Crippen LogP contribution in [0.1, 0.15) is 11.1 Å². The minimum absolute atomic E-state index is 0.0450. The zero-order valence-electron chi connectivity index (χ0n) is 10.6. The van der Waals surface area contributed by atoms with E-state index >= 15 is 0 Å². The zero-order chi connectivity index (χ0) is 13.2. The molecular weight excluding hydrogens is 260 g/mol. The smallest absolute Gasteiger partial charge is 0.230 e. The summed E-state index contributed by atoms with van der Waals surface area (Å²) >= 11 is 1.58. The van der Waals surface area contributed by atoms with Crippen molar-refractivity contribution in [1.82, 2.24) is 5.32 Å². The van der Waals surface area contributed by atoms with Gasteiger partial charge in [0.15, 0.2) is 5.17 Å². The molecule has 1 aromatic heterocycles. The second-order valence-corrected chi connectivity index (χ2v) is 5.60. The molecule has 1 N–H and O–H groups in total. The van der Waals surface area contributed by atoms with Gasteiger partial charge in [-0.1, -0.05) is 23.9 Å². The Morgan fingerprint density at radius 2 is 2.42 bits per heavy atom. The Balaban J connectivity index is 1.75. The fraction of sp³-hybridized carbons (Fsp3) is 0.286. The standard InChI is InChI=1S/C14H14N2O2S/c1-9-2-3-11-10(8-18-12(11)6-9)7-13(17)16-14-15-4-5-19-14/h2-3,6,8H,4-5,7H2,1H3,(H,15,16,17). The van der Waals surface area contributed by atoms with Crippen molar-refractivity contribution < 1.29 is 9.21 Å². The first-order chi connectivity index (χ1) is 9.22. The quantitative estimate of drug-likeness (QED) is 0.915. The predicted octanol–water partition coefficient (Wildman–Crippen LogP) is 2.50. The summed E-state index contributed by atoms with van der Waals surface area (Å²) in [6, 6.07) is 6.00. The number of amidine groups is 1. The van der Waals surface area contributed by atoms with E-state index in [1.807, 2.05) is 25.1 Å². The molecule has 5 heteroatoms. The second kappa shape index (κ2) is 5.09. The lowest BCUT2D eigenvalue weighted by Gasteiger charge is -2.02. The van der Waals surface area contributed by atoms with Gasteiger partial charge in [-0.15, -0.1) is 0 Å². The van der Waals surface area contributed by atoms with Crippen LogP contribution in [0.4, 0.5) is 0 Å². The van der Waals surface area contributed by atoms with E-state index in [1.54, 1.807) is 18.0 Å².